The minimum absolute atomic E-state index is 0.224. The van der Waals surface area contributed by atoms with E-state index in [2.05, 4.69) is 10.3 Å². The molecule has 20 heavy (non-hydrogen) atoms. The Morgan fingerprint density at radius 2 is 2.00 bits per heavy atom. The number of halogens is 4. The summed E-state index contributed by atoms with van der Waals surface area (Å²) in [6.07, 6.45) is -4.67. The molecule has 2 nitrogen and oxygen atoms in total. The van der Waals surface area contributed by atoms with Crippen LogP contribution >= 0.6 is 11.3 Å². The van der Waals surface area contributed by atoms with Crippen LogP contribution in [0.15, 0.2) is 23.6 Å². The zero-order valence-corrected chi connectivity index (χ0v) is 11.4. The third kappa shape index (κ3) is 3.77. The molecule has 0 aliphatic carbocycles. The Kier molecular flexibility index (Phi) is 4.39. The fraction of sp³-hybridized carbons (Fsp3) is 0.308. The Labute approximate surface area is 117 Å². The fourth-order valence-electron chi connectivity index (χ4n) is 1.70. The van der Waals surface area contributed by atoms with Crippen LogP contribution in [0.25, 0.3) is 0 Å². The molecule has 1 aromatic carbocycles. The molecule has 1 heterocycles. The third-order valence-electron chi connectivity index (χ3n) is 2.61. The smallest absolute Gasteiger partial charge is 0.306 e. The number of aryl methyl sites for hydroxylation is 1. The van der Waals surface area contributed by atoms with Crippen molar-refractivity contribution in [3.05, 3.63) is 51.2 Å². The van der Waals surface area contributed by atoms with Gasteiger partial charge in [0.15, 0.2) is 0 Å². The second kappa shape index (κ2) is 5.88. The number of hydrogen-bond acceptors (Lipinski definition) is 3. The summed E-state index contributed by atoms with van der Waals surface area (Å²) in [5, 5.41) is 5.75. The van der Waals surface area contributed by atoms with Gasteiger partial charge in [-0.3, -0.25) is 0 Å². The molecule has 2 rings (SSSR count). The lowest BCUT2D eigenvalue weighted by atomic mass is 10.1. The molecule has 1 aromatic heterocycles. The first-order valence-electron chi connectivity index (χ1n) is 5.83. The van der Waals surface area contributed by atoms with Crippen LogP contribution in [0.1, 0.15) is 21.8 Å². The van der Waals surface area contributed by atoms with Crippen LogP contribution in [-0.2, 0) is 19.3 Å². The van der Waals surface area contributed by atoms with Gasteiger partial charge in [0.1, 0.15) is 10.8 Å². The predicted octanol–water partition coefficient (Wildman–Crippen LogP) is 3.90. The third-order valence-corrected chi connectivity index (χ3v) is 3.57. The molecule has 0 saturated heterocycles. The summed E-state index contributed by atoms with van der Waals surface area (Å²) < 4.78 is 50.8. The summed E-state index contributed by atoms with van der Waals surface area (Å²) in [5.74, 6) is -1.25. The quantitative estimate of drug-likeness (QED) is 0.867. The summed E-state index contributed by atoms with van der Waals surface area (Å²) in [6, 6.07) is 3.01. The highest BCUT2D eigenvalue weighted by Gasteiger charge is 2.34. The molecule has 7 heteroatoms. The molecule has 1 N–H and O–H groups in total. The molecule has 0 atom stereocenters. The van der Waals surface area contributed by atoms with Gasteiger partial charge in [-0.2, -0.15) is 13.2 Å². The molecule has 0 bridgehead atoms. The van der Waals surface area contributed by atoms with Crippen molar-refractivity contribution in [2.24, 2.45) is 0 Å². The lowest BCUT2D eigenvalue weighted by molar-refractivity contribution is -0.140. The van der Waals surface area contributed by atoms with Crippen molar-refractivity contribution < 1.29 is 17.6 Å². The monoisotopic (exact) mass is 304 g/mol. The number of alkyl halides is 3. The number of nitrogens with zero attached hydrogens (tertiary/aromatic N) is 1. The van der Waals surface area contributed by atoms with Gasteiger partial charge in [-0.1, -0.05) is 6.07 Å². The standard InChI is InChI=1S/C13H12F4N2S/c1-8-7-20-12(19-8)6-18-5-9-2-3-11(14)10(4-9)13(15,16)17/h2-4,7,18H,5-6H2,1H3. The normalized spacial score (nSPS) is 11.8. The molecule has 0 saturated carbocycles. The number of rotatable bonds is 4. The Morgan fingerprint density at radius 3 is 2.60 bits per heavy atom. The minimum Gasteiger partial charge on any atom is -0.306 e. The van der Waals surface area contributed by atoms with Crippen LogP contribution in [0.3, 0.4) is 0 Å². The molecule has 108 valence electrons. The van der Waals surface area contributed by atoms with Crippen molar-refractivity contribution in [3.63, 3.8) is 0 Å². The highest BCUT2D eigenvalue weighted by atomic mass is 32.1. The second-order valence-corrected chi connectivity index (χ2v) is 5.24. The Balaban J connectivity index is 2.00. The summed E-state index contributed by atoms with van der Waals surface area (Å²) in [6.45, 7) is 2.56. The molecular formula is C13H12F4N2S. The van der Waals surface area contributed by atoms with Gasteiger partial charge in [0.2, 0.25) is 0 Å². The van der Waals surface area contributed by atoms with Crippen LogP contribution in [0.2, 0.25) is 0 Å². The number of hydrogen-bond donors (Lipinski definition) is 1. The maximum atomic E-state index is 13.1. The lowest BCUT2D eigenvalue weighted by Crippen LogP contribution is -2.14. The van der Waals surface area contributed by atoms with Crippen molar-refractivity contribution >= 4 is 11.3 Å². The first kappa shape index (κ1) is 14.9. The van der Waals surface area contributed by atoms with Crippen molar-refractivity contribution in [1.29, 1.82) is 0 Å². The van der Waals surface area contributed by atoms with Crippen molar-refractivity contribution in [2.75, 3.05) is 0 Å². The Morgan fingerprint density at radius 1 is 1.25 bits per heavy atom. The second-order valence-electron chi connectivity index (χ2n) is 4.30. The van der Waals surface area contributed by atoms with E-state index >= 15 is 0 Å². The molecule has 0 spiro atoms. The average molecular weight is 304 g/mol. The van der Waals surface area contributed by atoms with E-state index in [1.807, 2.05) is 12.3 Å². The lowest BCUT2D eigenvalue weighted by Gasteiger charge is -2.10. The van der Waals surface area contributed by atoms with Gasteiger partial charge in [-0.15, -0.1) is 11.3 Å². The van der Waals surface area contributed by atoms with Crippen LogP contribution in [0, 0.1) is 12.7 Å². The van der Waals surface area contributed by atoms with Crippen LogP contribution in [-0.4, -0.2) is 4.98 Å². The highest BCUT2D eigenvalue weighted by Crippen LogP contribution is 2.31. The van der Waals surface area contributed by atoms with E-state index < -0.39 is 17.6 Å². The molecule has 0 aliphatic rings. The van der Waals surface area contributed by atoms with E-state index in [-0.39, 0.29) is 6.54 Å². The topological polar surface area (TPSA) is 24.9 Å². The van der Waals surface area contributed by atoms with Gasteiger partial charge in [-0.25, -0.2) is 9.37 Å². The zero-order valence-electron chi connectivity index (χ0n) is 10.6. The summed E-state index contributed by atoms with van der Waals surface area (Å²) >= 11 is 1.48. The average Bonchev–Trinajstić information content (AvgIpc) is 2.76. The maximum absolute atomic E-state index is 13.1. The van der Waals surface area contributed by atoms with Gasteiger partial charge in [0.25, 0.3) is 0 Å². The molecular weight excluding hydrogens is 292 g/mol. The van der Waals surface area contributed by atoms with E-state index in [9.17, 15) is 17.6 Å². The van der Waals surface area contributed by atoms with Gasteiger partial charge < -0.3 is 5.32 Å². The number of thiazole rings is 1. The number of benzene rings is 1. The van der Waals surface area contributed by atoms with Crippen molar-refractivity contribution in [2.45, 2.75) is 26.2 Å². The Hall–Kier alpha value is -1.47. The summed E-state index contributed by atoms with van der Waals surface area (Å²) in [4.78, 5) is 4.23. The van der Waals surface area contributed by atoms with E-state index in [1.54, 1.807) is 0 Å². The van der Waals surface area contributed by atoms with Crippen LogP contribution in [0.4, 0.5) is 17.6 Å². The maximum Gasteiger partial charge on any atom is 0.419 e. The van der Waals surface area contributed by atoms with Crippen LogP contribution < -0.4 is 5.32 Å². The van der Waals surface area contributed by atoms with E-state index in [1.165, 1.54) is 17.4 Å². The number of aromatic nitrogens is 1. The van der Waals surface area contributed by atoms with Gasteiger partial charge in [-0.05, 0) is 24.6 Å². The molecule has 0 amide bonds. The van der Waals surface area contributed by atoms with Gasteiger partial charge in [0.05, 0.1) is 5.56 Å². The van der Waals surface area contributed by atoms with E-state index in [0.717, 1.165) is 22.8 Å². The zero-order chi connectivity index (χ0) is 14.8. The number of nitrogens with one attached hydrogen (secondary N) is 1. The van der Waals surface area contributed by atoms with Crippen LogP contribution in [0.5, 0.6) is 0 Å². The first-order chi connectivity index (χ1) is 9.36. The SMILES string of the molecule is Cc1csc(CNCc2ccc(F)c(C(F)(F)F)c2)n1. The van der Waals surface area contributed by atoms with E-state index in [4.69, 9.17) is 0 Å². The van der Waals surface area contributed by atoms with Crippen molar-refractivity contribution in [3.8, 4) is 0 Å². The molecule has 0 fully saturated rings. The van der Waals surface area contributed by atoms with Gasteiger partial charge in [0, 0.05) is 24.2 Å². The van der Waals surface area contributed by atoms with E-state index in [0.29, 0.717) is 12.1 Å². The summed E-state index contributed by atoms with van der Waals surface area (Å²) in [7, 11) is 0. The fourth-order valence-corrected chi connectivity index (χ4v) is 2.44. The molecule has 2 aromatic rings. The first-order valence-corrected chi connectivity index (χ1v) is 6.71. The summed E-state index contributed by atoms with van der Waals surface area (Å²) in [5.41, 5.74) is 0.0573. The predicted molar refractivity (Wildman–Crippen MR) is 68.8 cm³/mol. The van der Waals surface area contributed by atoms with Gasteiger partial charge >= 0.3 is 6.18 Å². The highest BCUT2D eigenvalue weighted by molar-refractivity contribution is 7.09. The largest absolute Gasteiger partial charge is 0.419 e. The Bertz CT molecular complexity index is 592. The minimum atomic E-state index is -4.67. The molecule has 0 unspecified atom stereocenters. The van der Waals surface area contributed by atoms with Crippen molar-refractivity contribution in [1.82, 2.24) is 10.3 Å². The molecule has 0 aliphatic heterocycles. The molecule has 0 radical (unpaired) electrons.